The molecule has 3 heteroatoms. The van der Waals surface area contributed by atoms with Gasteiger partial charge in [-0.3, -0.25) is 4.58 Å². The standard InChI is InChI=1S/C13H17NO.C2H6.Pr/c1-11(15)13-8-5-9-14(13)10-12-6-3-2-4-7-12;1-2;/h2-4,6-7,15H,5,8-10H2,1H3;1-2H3;. The van der Waals surface area contributed by atoms with Crippen LogP contribution >= 0.6 is 0 Å². The largest absolute Gasteiger partial charge is 0.535 e. The molecule has 2 nitrogen and oxygen atoms in total. The molecular formula is C15H23NOPr. The van der Waals surface area contributed by atoms with Gasteiger partial charge in [0.05, 0.1) is 0 Å². The maximum absolute atomic E-state index is 9.54. The van der Waals surface area contributed by atoms with Crippen LogP contribution in [0.5, 0.6) is 0 Å². The molecule has 0 spiro atoms. The number of nitrogens with zero attached hydrogens (tertiary/aromatic N) is 1. The van der Waals surface area contributed by atoms with Crippen molar-refractivity contribution in [3.8, 4) is 0 Å². The van der Waals surface area contributed by atoms with E-state index in [1.54, 1.807) is 6.92 Å². The van der Waals surface area contributed by atoms with Crippen molar-refractivity contribution in [1.29, 1.82) is 0 Å². The van der Waals surface area contributed by atoms with Crippen LogP contribution in [0.25, 0.3) is 0 Å². The Hall–Kier alpha value is 0.0836. The quantitative estimate of drug-likeness (QED) is 0.636. The van der Waals surface area contributed by atoms with E-state index in [0.29, 0.717) is 6.10 Å². The van der Waals surface area contributed by atoms with Crippen molar-refractivity contribution >= 4 is 5.71 Å². The molecule has 0 fully saturated rings. The molecule has 0 aromatic heterocycles. The molecule has 0 saturated carbocycles. The summed E-state index contributed by atoms with van der Waals surface area (Å²) in [7, 11) is 0. The molecule has 0 saturated heterocycles. The van der Waals surface area contributed by atoms with Gasteiger partial charge in [0.25, 0.3) is 0 Å². The number of aliphatic hydroxyl groups excluding tert-OH is 1. The van der Waals surface area contributed by atoms with Gasteiger partial charge in [0.2, 0.25) is 0 Å². The van der Waals surface area contributed by atoms with Crippen LogP contribution < -0.4 is 0 Å². The van der Waals surface area contributed by atoms with E-state index in [-0.39, 0.29) is 41.3 Å². The first-order chi connectivity index (χ1) is 8.27. The van der Waals surface area contributed by atoms with Gasteiger partial charge in [-0.1, -0.05) is 44.2 Å². The van der Waals surface area contributed by atoms with Crippen molar-refractivity contribution in [3.05, 3.63) is 42.0 Å². The number of benzene rings is 1. The third-order valence-electron chi connectivity index (χ3n) is 2.86. The van der Waals surface area contributed by atoms with E-state index in [4.69, 9.17) is 0 Å². The zero-order chi connectivity index (χ0) is 12.7. The van der Waals surface area contributed by atoms with Gasteiger partial charge in [0, 0.05) is 65.4 Å². The minimum Gasteiger partial charge on any atom is -0.535 e. The van der Waals surface area contributed by atoms with Crippen LogP contribution in [0.15, 0.2) is 30.3 Å². The molecular weight excluding hydrogens is 351 g/mol. The fourth-order valence-corrected chi connectivity index (χ4v) is 2.12. The van der Waals surface area contributed by atoms with Crippen LogP contribution in [0.1, 0.15) is 39.2 Å². The fourth-order valence-electron chi connectivity index (χ4n) is 2.12. The van der Waals surface area contributed by atoms with E-state index in [1.807, 2.05) is 19.9 Å². The molecule has 0 aliphatic carbocycles. The maximum atomic E-state index is 9.54. The normalized spacial score (nSPS) is 13.6. The summed E-state index contributed by atoms with van der Waals surface area (Å²) in [4.78, 5) is 0. The summed E-state index contributed by atoms with van der Waals surface area (Å²) in [5.41, 5.74) is 2.41. The zero-order valence-corrected chi connectivity index (χ0v) is 15.4. The van der Waals surface area contributed by atoms with E-state index < -0.39 is 0 Å². The van der Waals surface area contributed by atoms with Crippen LogP contribution in [0.2, 0.25) is 0 Å². The summed E-state index contributed by atoms with van der Waals surface area (Å²) < 4.78 is 2.27. The van der Waals surface area contributed by atoms with Gasteiger partial charge in [0.1, 0.15) is 6.54 Å². The van der Waals surface area contributed by atoms with Crippen molar-refractivity contribution in [2.75, 3.05) is 6.54 Å². The monoisotopic (exact) mass is 374 g/mol. The molecule has 1 aliphatic rings. The van der Waals surface area contributed by atoms with E-state index in [2.05, 4.69) is 28.8 Å². The summed E-state index contributed by atoms with van der Waals surface area (Å²) in [5.74, 6) is 0. The number of aliphatic hydroxyl groups is 1. The van der Waals surface area contributed by atoms with Crippen molar-refractivity contribution in [2.24, 2.45) is 0 Å². The van der Waals surface area contributed by atoms with Gasteiger partial charge < -0.3 is 5.11 Å². The Morgan fingerprint density at radius 1 is 1.22 bits per heavy atom. The summed E-state index contributed by atoms with van der Waals surface area (Å²) in [6, 6.07) is 10.4. The Morgan fingerprint density at radius 2 is 1.83 bits per heavy atom. The van der Waals surface area contributed by atoms with Gasteiger partial charge in [0.15, 0.2) is 6.54 Å². The van der Waals surface area contributed by atoms with E-state index >= 15 is 0 Å². The molecule has 1 radical (unpaired) electrons. The second-order valence-corrected chi connectivity index (χ2v) is 4.04. The third kappa shape index (κ3) is 5.38. The van der Waals surface area contributed by atoms with Crippen LogP contribution in [0, 0.1) is 47.4 Å². The van der Waals surface area contributed by atoms with Gasteiger partial charge in [-0.2, -0.15) is 6.10 Å². The van der Waals surface area contributed by atoms with Gasteiger partial charge >= 0.3 is 0 Å². The Kier molecular flexibility index (Phi) is 9.99. The van der Waals surface area contributed by atoms with Crippen molar-refractivity contribution in [3.63, 3.8) is 0 Å². The second-order valence-electron chi connectivity index (χ2n) is 4.04. The summed E-state index contributed by atoms with van der Waals surface area (Å²) in [5, 5.41) is 9.54. The fraction of sp³-hybridized carbons (Fsp3) is 0.467. The predicted molar refractivity (Wildman–Crippen MR) is 71.7 cm³/mol. The summed E-state index contributed by atoms with van der Waals surface area (Å²) in [6.07, 6.45) is 2.64. The molecule has 0 bridgehead atoms. The van der Waals surface area contributed by atoms with Crippen LogP contribution in [0.3, 0.4) is 0 Å². The third-order valence-corrected chi connectivity index (χ3v) is 2.86. The average molecular weight is 374 g/mol. The Labute approximate surface area is 144 Å². The first kappa shape index (κ1) is 18.1. The Bertz CT molecular complexity index is 360. The average Bonchev–Trinajstić information content (AvgIpc) is 2.81. The topological polar surface area (TPSA) is 23.2 Å². The summed E-state index contributed by atoms with van der Waals surface area (Å²) >= 11 is 0. The number of hydrogen-bond donors (Lipinski definition) is 1. The van der Waals surface area contributed by atoms with Gasteiger partial charge in [-0.25, -0.2) is 0 Å². The SMILES string of the molecule is CC.C[C-](O)C1=[N+](Cc2ccccc2)CCC1.[Pr]. The van der Waals surface area contributed by atoms with Crippen molar-refractivity contribution in [1.82, 2.24) is 0 Å². The first-order valence-corrected chi connectivity index (χ1v) is 6.45. The van der Waals surface area contributed by atoms with E-state index in [9.17, 15) is 5.11 Å². The molecule has 0 unspecified atom stereocenters. The zero-order valence-electron chi connectivity index (χ0n) is 11.7. The smallest absolute Gasteiger partial charge is 0.165 e. The minimum atomic E-state index is 0. The van der Waals surface area contributed by atoms with Crippen molar-refractivity contribution < 1.29 is 51.0 Å². The molecule has 1 heterocycles. The van der Waals surface area contributed by atoms with Crippen LogP contribution in [0.4, 0.5) is 0 Å². The number of rotatable bonds is 3. The molecule has 97 valence electrons. The molecule has 1 aromatic rings. The number of hydrogen-bond acceptors (Lipinski definition) is 1. The first-order valence-electron chi connectivity index (χ1n) is 6.45. The molecule has 18 heavy (non-hydrogen) atoms. The van der Waals surface area contributed by atoms with Gasteiger partial charge in [-0.05, 0) is 0 Å². The van der Waals surface area contributed by atoms with E-state index in [1.165, 1.54) is 5.56 Å². The summed E-state index contributed by atoms with van der Waals surface area (Å²) in [6.45, 7) is 7.74. The Morgan fingerprint density at radius 3 is 2.39 bits per heavy atom. The Balaban J connectivity index is 0.000000917. The van der Waals surface area contributed by atoms with Crippen LogP contribution in [-0.2, 0) is 6.54 Å². The van der Waals surface area contributed by atoms with E-state index in [0.717, 1.165) is 31.6 Å². The molecule has 1 aliphatic heterocycles. The predicted octanol–water partition coefficient (Wildman–Crippen LogP) is 3.38. The molecule has 0 atom stereocenters. The maximum Gasteiger partial charge on any atom is 0.165 e. The van der Waals surface area contributed by atoms with Crippen molar-refractivity contribution in [2.45, 2.75) is 40.2 Å². The molecule has 0 amide bonds. The minimum absolute atomic E-state index is 0. The molecule has 2 rings (SSSR count). The molecule has 1 N–H and O–H groups in total. The van der Waals surface area contributed by atoms with Gasteiger partial charge in [-0.15, -0.1) is 6.92 Å². The molecule has 1 aromatic carbocycles. The second kappa shape index (κ2) is 9.94. The van der Waals surface area contributed by atoms with Crippen LogP contribution in [-0.4, -0.2) is 21.9 Å².